The lowest BCUT2D eigenvalue weighted by molar-refractivity contribution is -0.120. The van der Waals surface area contributed by atoms with Crippen molar-refractivity contribution < 1.29 is 4.79 Å². The third-order valence-electron chi connectivity index (χ3n) is 4.34. The number of H-pyrrole nitrogens is 1. The van der Waals surface area contributed by atoms with E-state index in [0.717, 1.165) is 45.2 Å². The lowest BCUT2D eigenvalue weighted by atomic mass is 9.88. The first-order chi connectivity index (χ1) is 9.83. The predicted octanol–water partition coefficient (Wildman–Crippen LogP) is 3.06. The van der Waals surface area contributed by atoms with Crippen molar-refractivity contribution in [1.82, 2.24) is 10.3 Å². The van der Waals surface area contributed by atoms with Gasteiger partial charge in [-0.2, -0.15) is 0 Å². The number of carbonyl (C=O) groups excluding carboxylic acids is 1. The van der Waals surface area contributed by atoms with E-state index in [0.29, 0.717) is 11.7 Å². The maximum atomic E-state index is 11.2. The number of benzene rings is 1. The number of rotatable bonds is 5. The minimum absolute atomic E-state index is 0.444. The fourth-order valence-electron chi connectivity index (χ4n) is 3.07. The molecule has 0 unspecified atom stereocenters. The smallest absolute Gasteiger partial charge is 0.132 e. The van der Waals surface area contributed by atoms with Gasteiger partial charge in [0.25, 0.3) is 0 Å². The van der Waals surface area contributed by atoms with E-state index in [1.807, 2.05) is 0 Å². The van der Waals surface area contributed by atoms with Crippen molar-refractivity contribution in [3.05, 3.63) is 36.0 Å². The number of nitrogens with one attached hydrogen (secondary N) is 2. The molecule has 2 aromatic rings. The monoisotopic (exact) mass is 270 g/mol. The van der Waals surface area contributed by atoms with Crippen molar-refractivity contribution in [2.75, 3.05) is 13.1 Å². The van der Waals surface area contributed by atoms with Crippen molar-refractivity contribution in [2.24, 2.45) is 5.92 Å². The Kier molecular flexibility index (Phi) is 4.16. The van der Waals surface area contributed by atoms with Crippen molar-refractivity contribution in [3.8, 4) is 0 Å². The minimum atomic E-state index is 0.444. The van der Waals surface area contributed by atoms with Crippen LogP contribution in [0.4, 0.5) is 0 Å². The molecule has 1 aromatic heterocycles. The first-order valence-electron chi connectivity index (χ1n) is 7.60. The molecule has 1 aromatic carbocycles. The van der Waals surface area contributed by atoms with Gasteiger partial charge in [-0.05, 0) is 49.9 Å². The summed E-state index contributed by atoms with van der Waals surface area (Å²) in [4.78, 5) is 14.5. The number of carbonyl (C=O) groups is 1. The summed E-state index contributed by atoms with van der Waals surface area (Å²) in [5.74, 6) is 1.13. The Balaban J connectivity index is 1.45. The Morgan fingerprint density at radius 1 is 1.20 bits per heavy atom. The van der Waals surface area contributed by atoms with E-state index in [1.54, 1.807) is 0 Å². The van der Waals surface area contributed by atoms with Gasteiger partial charge in [0.2, 0.25) is 0 Å². The lowest BCUT2D eigenvalue weighted by Gasteiger charge is -2.21. The molecular formula is C17H22N2O. The van der Waals surface area contributed by atoms with Gasteiger partial charge in [0.15, 0.2) is 0 Å². The number of para-hydroxylation sites is 1. The van der Waals surface area contributed by atoms with Crippen LogP contribution < -0.4 is 5.32 Å². The SMILES string of the molecule is O=C1CCC(CNCCc2c[nH]c3ccccc23)CC1. The summed E-state index contributed by atoms with van der Waals surface area (Å²) < 4.78 is 0. The second kappa shape index (κ2) is 6.23. The Morgan fingerprint density at radius 2 is 2.00 bits per heavy atom. The number of fused-ring (bicyclic) bond motifs is 1. The normalized spacial score (nSPS) is 16.9. The van der Waals surface area contributed by atoms with Crippen molar-refractivity contribution in [2.45, 2.75) is 32.1 Å². The molecule has 106 valence electrons. The molecule has 1 fully saturated rings. The van der Waals surface area contributed by atoms with E-state index in [4.69, 9.17) is 0 Å². The number of aromatic nitrogens is 1. The molecule has 20 heavy (non-hydrogen) atoms. The fraction of sp³-hybridized carbons (Fsp3) is 0.471. The lowest BCUT2D eigenvalue weighted by Crippen LogP contribution is -2.28. The van der Waals surface area contributed by atoms with Gasteiger partial charge in [-0.3, -0.25) is 4.79 Å². The minimum Gasteiger partial charge on any atom is -0.361 e. The first kappa shape index (κ1) is 13.4. The van der Waals surface area contributed by atoms with E-state index in [-0.39, 0.29) is 0 Å². The van der Waals surface area contributed by atoms with E-state index < -0.39 is 0 Å². The van der Waals surface area contributed by atoms with Crippen LogP contribution in [0.1, 0.15) is 31.2 Å². The number of hydrogen-bond acceptors (Lipinski definition) is 2. The van der Waals surface area contributed by atoms with Crippen LogP contribution in [0, 0.1) is 5.92 Å². The highest BCUT2D eigenvalue weighted by Crippen LogP contribution is 2.21. The van der Waals surface area contributed by atoms with Gasteiger partial charge < -0.3 is 10.3 Å². The molecule has 0 atom stereocenters. The first-order valence-corrected chi connectivity index (χ1v) is 7.60. The molecule has 0 bridgehead atoms. The standard InChI is InChI=1S/C17H22N2O/c20-15-7-5-13(6-8-15)11-18-10-9-14-12-19-17-4-2-1-3-16(14)17/h1-4,12-13,18-19H,5-11H2. The average Bonchev–Trinajstić information content (AvgIpc) is 2.89. The highest BCUT2D eigenvalue weighted by Gasteiger charge is 2.17. The van der Waals surface area contributed by atoms with Gasteiger partial charge >= 0.3 is 0 Å². The zero-order valence-electron chi connectivity index (χ0n) is 11.8. The Morgan fingerprint density at radius 3 is 2.85 bits per heavy atom. The van der Waals surface area contributed by atoms with Crippen molar-refractivity contribution >= 4 is 16.7 Å². The van der Waals surface area contributed by atoms with Gasteiger partial charge in [-0.25, -0.2) is 0 Å². The molecule has 1 heterocycles. The van der Waals surface area contributed by atoms with Gasteiger partial charge in [0.1, 0.15) is 5.78 Å². The van der Waals surface area contributed by atoms with Crippen LogP contribution in [0.15, 0.2) is 30.5 Å². The molecule has 0 spiro atoms. The predicted molar refractivity (Wildman–Crippen MR) is 81.8 cm³/mol. The maximum absolute atomic E-state index is 11.2. The van der Waals surface area contributed by atoms with Crippen LogP contribution in [0.5, 0.6) is 0 Å². The largest absolute Gasteiger partial charge is 0.361 e. The molecule has 1 aliphatic carbocycles. The molecule has 0 amide bonds. The summed E-state index contributed by atoms with van der Waals surface area (Å²) in [6.07, 6.45) is 6.88. The molecule has 3 heteroatoms. The van der Waals surface area contributed by atoms with Crippen LogP contribution in [-0.4, -0.2) is 23.9 Å². The van der Waals surface area contributed by atoms with E-state index >= 15 is 0 Å². The summed E-state index contributed by atoms with van der Waals surface area (Å²) in [6.45, 7) is 2.06. The van der Waals surface area contributed by atoms with Crippen LogP contribution in [0.25, 0.3) is 10.9 Å². The highest BCUT2D eigenvalue weighted by atomic mass is 16.1. The quantitative estimate of drug-likeness (QED) is 0.820. The molecule has 2 N–H and O–H groups in total. The van der Waals surface area contributed by atoms with Gasteiger partial charge in [0, 0.05) is 29.9 Å². The Hall–Kier alpha value is -1.61. The van der Waals surface area contributed by atoms with Crippen LogP contribution in [0.2, 0.25) is 0 Å². The molecule has 0 saturated heterocycles. The number of Topliss-reactive ketones (excluding diaryl/α,β-unsaturated/α-hetero) is 1. The third-order valence-corrected chi connectivity index (χ3v) is 4.34. The molecule has 0 radical (unpaired) electrons. The Bertz CT molecular complexity index is 577. The molecule has 1 saturated carbocycles. The van der Waals surface area contributed by atoms with Crippen molar-refractivity contribution in [3.63, 3.8) is 0 Å². The molecule has 3 rings (SSSR count). The molecule has 1 aliphatic rings. The summed E-state index contributed by atoms with van der Waals surface area (Å²) in [5, 5.41) is 4.88. The zero-order chi connectivity index (χ0) is 13.8. The number of aromatic amines is 1. The summed E-state index contributed by atoms with van der Waals surface area (Å²) >= 11 is 0. The van der Waals surface area contributed by atoms with Gasteiger partial charge in [-0.1, -0.05) is 18.2 Å². The van der Waals surface area contributed by atoms with Crippen LogP contribution in [0.3, 0.4) is 0 Å². The molecule has 0 aliphatic heterocycles. The summed E-state index contributed by atoms with van der Waals surface area (Å²) in [6, 6.07) is 8.44. The fourth-order valence-corrected chi connectivity index (χ4v) is 3.07. The summed E-state index contributed by atoms with van der Waals surface area (Å²) in [7, 11) is 0. The van der Waals surface area contributed by atoms with Crippen LogP contribution >= 0.6 is 0 Å². The zero-order valence-corrected chi connectivity index (χ0v) is 11.8. The topological polar surface area (TPSA) is 44.9 Å². The average molecular weight is 270 g/mol. The molecular weight excluding hydrogens is 248 g/mol. The second-order valence-electron chi connectivity index (χ2n) is 5.80. The van der Waals surface area contributed by atoms with E-state index in [9.17, 15) is 4.79 Å². The Labute approximate surface area is 119 Å². The maximum Gasteiger partial charge on any atom is 0.132 e. The molecule has 3 nitrogen and oxygen atoms in total. The third kappa shape index (κ3) is 3.10. The van der Waals surface area contributed by atoms with Gasteiger partial charge in [-0.15, -0.1) is 0 Å². The van der Waals surface area contributed by atoms with E-state index in [1.165, 1.54) is 16.5 Å². The second-order valence-corrected chi connectivity index (χ2v) is 5.80. The summed E-state index contributed by atoms with van der Waals surface area (Å²) in [5.41, 5.74) is 2.60. The highest BCUT2D eigenvalue weighted by molar-refractivity contribution is 5.83. The van der Waals surface area contributed by atoms with Crippen LogP contribution in [-0.2, 0) is 11.2 Å². The van der Waals surface area contributed by atoms with Gasteiger partial charge in [0.05, 0.1) is 0 Å². The van der Waals surface area contributed by atoms with Crippen molar-refractivity contribution in [1.29, 1.82) is 0 Å². The number of ketones is 1. The number of hydrogen-bond donors (Lipinski definition) is 2. The van der Waals surface area contributed by atoms with E-state index in [2.05, 4.69) is 40.8 Å².